The fraction of sp³-hybridized carbons (Fsp3) is 0.389. The molecule has 174 valence electrons. The molecule has 0 spiro atoms. The molecule has 0 atom stereocenters. The van der Waals surface area contributed by atoms with E-state index >= 15 is 0 Å². The molecule has 3 rings (SSSR count). The molecule has 3 aromatic heterocycles. The Kier molecular flexibility index (Phi) is 6.13. The minimum absolute atomic E-state index is 0.121. The van der Waals surface area contributed by atoms with Crippen LogP contribution in [-0.2, 0) is 18.9 Å². The number of thioether (sulfide) groups is 1. The van der Waals surface area contributed by atoms with Gasteiger partial charge >= 0.3 is 18.5 Å². The minimum Gasteiger partial charge on any atom is -0.298 e. The third kappa shape index (κ3) is 5.27. The lowest BCUT2D eigenvalue weighted by atomic mass is 10.2. The van der Waals surface area contributed by atoms with Crippen LogP contribution in [-0.4, -0.2) is 30.9 Å². The molecular formula is C18H13F9N4S. The van der Waals surface area contributed by atoms with Crippen LogP contribution in [0.15, 0.2) is 29.4 Å². The van der Waals surface area contributed by atoms with Gasteiger partial charge in [0.05, 0.1) is 11.1 Å². The van der Waals surface area contributed by atoms with Crippen molar-refractivity contribution in [3.05, 3.63) is 35.7 Å². The number of rotatable bonds is 4. The van der Waals surface area contributed by atoms with E-state index in [9.17, 15) is 39.5 Å². The molecule has 14 heteroatoms. The van der Waals surface area contributed by atoms with Crippen LogP contribution in [0.2, 0.25) is 0 Å². The summed E-state index contributed by atoms with van der Waals surface area (Å²) in [4.78, 5) is 10.9. The summed E-state index contributed by atoms with van der Waals surface area (Å²) >= 11 is 0.897. The number of imidazole rings is 1. The predicted octanol–water partition coefficient (Wildman–Crippen LogP) is 6.59. The third-order valence-corrected chi connectivity index (χ3v) is 5.04. The fourth-order valence-electron chi connectivity index (χ4n) is 2.79. The number of fused-ring (bicyclic) bond motifs is 1. The number of pyridine rings is 2. The SMILES string of the molecule is CC(C)Sc1cc(C(F)(F)F)cnc1-c1nc2cc(C(F)(F)F)cnc2n1CC(F)(F)F. The van der Waals surface area contributed by atoms with Crippen molar-refractivity contribution in [2.24, 2.45) is 0 Å². The number of aromatic nitrogens is 4. The van der Waals surface area contributed by atoms with Crippen LogP contribution in [0.1, 0.15) is 25.0 Å². The van der Waals surface area contributed by atoms with E-state index in [4.69, 9.17) is 0 Å². The Labute approximate surface area is 178 Å². The van der Waals surface area contributed by atoms with Gasteiger partial charge in [-0.1, -0.05) is 13.8 Å². The van der Waals surface area contributed by atoms with E-state index in [1.807, 2.05) is 0 Å². The van der Waals surface area contributed by atoms with Gasteiger partial charge in [0.2, 0.25) is 0 Å². The van der Waals surface area contributed by atoms with Crippen molar-refractivity contribution >= 4 is 22.9 Å². The average Bonchev–Trinajstić information content (AvgIpc) is 2.95. The first-order valence-corrected chi connectivity index (χ1v) is 9.68. The van der Waals surface area contributed by atoms with Gasteiger partial charge in [-0.3, -0.25) is 9.55 Å². The first-order chi connectivity index (χ1) is 14.6. The van der Waals surface area contributed by atoms with Gasteiger partial charge in [-0.25, -0.2) is 9.97 Å². The molecule has 0 saturated carbocycles. The molecule has 32 heavy (non-hydrogen) atoms. The lowest BCUT2D eigenvalue weighted by molar-refractivity contribution is -0.140. The van der Waals surface area contributed by atoms with Crippen LogP contribution < -0.4 is 0 Å². The van der Waals surface area contributed by atoms with Crippen LogP contribution in [0.4, 0.5) is 39.5 Å². The Hall–Kier alpha value is -2.51. The molecule has 3 aromatic rings. The van der Waals surface area contributed by atoms with Gasteiger partial charge in [-0.2, -0.15) is 39.5 Å². The van der Waals surface area contributed by atoms with Gasteiger partial charge in [-0.05, 0) is 12.1 Å². The Morgan fingerprint density at radius 1 is 0.875 bits per heavy atom. The highest BCUT2D eigenvalue weighted by Gasteiger charge is 2.36. The number of nitrogens with zero attached hydrogens (tertiary/aromatic N) is 4. The van der Waals surface area contributed by atoms with Crippen molar-refractivity contribution in [2.75, 3.05) is 0 Å². The topological polar surface area (TPSA) is 43.6 Å². The molecule has 0 aliphatic rings. The zero-order valence-electron chi connectivity index (χ0n) is 16.2. The van der Waals surface area contributed by atoms with E-state index in [1.54, 1.807) is 13.8 Å². The molecule has 0 N–H and O–H groups in total. The summed E-state index contributed by atoms with van der Waals surface area (Å²) in [6.45, 7) is 1.61. The maximum Gasteiger partial charge on any atom is 0.417 e. The second-order valence-electron chi connectivity index (χ2n) is 6.94. The van der Waals surface area contributed by atoms with Crippen LogP contribution >= 0.6 is 11.8 Å². The van der Waals surface area contributed by atoms with Crippen LogP contribution in [0, 0.1) is 0 Å². The van der Waals surface area contributed by atoms with E-state index in [-0.39, 0.29) is 15.8 Å². The van der Waals surface area contributed by atoms with Crippen molar-refractivity contribution in [2.45, 2.75) is 49.1 Å². The number of alkyl halides is 9. The molecule has 0 unspecified atom stereocenters. The fourth-order valence-corrected chi connectivity index (χ4v) is 3.75. The van der Waals surface area contributed by atoms with E-state index in [0.29, 0.717) is 23.0 Å². The molecule has 4 nitrogen and oxygen atoms in total. The van der Waals surface area contributed by atoms with Gasteiger partial charge < -0.3 is 0 Å². The Morgan fingerprint density at radius 3 is 1.97 bits per heavy atom. The van der Waals surface area contributed by atoms with Crippen molar-refractivity contribution in [3.8, 4) is 11.5 Å². The molecular weight excluding hydrogens is 475 g/mol. The third-order valence-electron chi connectivity index (χ3n) is 4.00. The average molecular weight is 488 g/mol. The maximum absolute atomic E-state index is 13.2. The minimum atomic E-state index is -4.82. The van der Waals surface area contributed by atoms with Crippen molar-refractivity contribution in [1.29, 1.82) is 0 Å². The number of halogens is 9. The largest absolute Gasteiger partial charge is 0.417 e. The zero-order chi connectivity index (χ0) is 24.1. The quantitative estimate of drug-likeness (QED) is 0.307. The normalized spacial score (nSPS) is 13.4. The summed E-state index contributed by atoms with van der Waals surface area (Å²) in [5.41, 5.74) is -3.69. The predicted molar refractivity (Wildman–Crippen MR) is 97.8 cm³/mol. The second-order valence-corrected chi connectivity index (χ2v) is 8.55. The molecule has 0 fully saturated rings. The van der Waals surface area contributed by atoms with Crippen LogP contribution in [0.3, 0.4) is 0 Å². The molecule has 0 aliphatic carbocycles. The van der Waals surface area contributed by atoms with E-state index in [1.165, 1.54) is 0 Å². The lowest BCUT2D eigenvalue weighted by Crippen LogP contribution is -2.19. The van der Waals surface area contributed by atoms with E-state index in [0.717, 1.165) is 17.8 Å². The van der Waals surface area contributed by atoms with E-state index < -0.39 is 53.2 Å². The standard InChI is InChI=1S/C18H13F9N4S/c1-8(2)32-12-4-10(18(25,26)27)5-28-13(12)15-30-11-3-9(17(22,23)24)6-29-14(11)31(15)7-16(19,20)21/h3-6,8H,7H2,1-2H3. The van der Waals surface area contributed by atoms with Crippen molar-refractivity contribution in [1.82, 2.24) is 19.5 Å². The molecule has 3 heterocycles. The van der Waals surface area contributed by atoms with E-state index in [2.05, 4.69) is 15.0 Å². The Bertz CT molecular complexity index is 1130. The second kappa shape index (κ2) is 8.12. The monoisotopic (exact) mass is 488 g/mol. The van der Waals surface area contributed by atoms with Crippen LogP contribution in [0.5, 0.6) is 0 Å². The highest BCUT2D eigenvalue weighted by Crippen LogP contribution is 2.39. The highest BCUT2D eigenvalue weighted by molar-refractivity contribution is 8.00. The number of hydrogen-bond acceptors (Lipinski definition) is 4. The van der Waals surface area contributed by atoms with Crippen molar-refractivity contribution in [3.63, 3.8) is 0 Å². The highest BCUT2D eigenvalue weighted by atomic mass is 32.2. The summed E-state index contributed by atoms with van der Waals surface area (Å²) in [6, 6.07) is 1.25. The smallest absolute Gasteiger partial charge is 0.298 e. The molecule has 0 aromatic carbocycles. The summed E-state index contributed by atoms with van der Waals surface area (Å²) < 4.78 is 119. The summed E-state index contributed by atoms with van der Waals surface area (Å²) in [6.07, 6.45) is -13.6. The van der Waals surface area contributed by atoms with Crippen LogP contribution in [0.25, 0.3) is 22.7 Å². The summed E-state index contributed by atoms with van der Waals surface area (Å²) in [5.74, 6) is -0.541. The molecule has 0 aliphatic heterocycles. The Morgan fingerprint density at radius 2 is 1.44 bits per heavy atom. The molecule has 0 amide bonds. The van der Waals surface area contributed by atoms with Crippen molar-refractivity contribution < 1.29 is 39.5 Å². The lowest BCUT2D eigenvalue weighted by Gasteiger charge is -2.16. The molecule has 0 bridgehead atoms. The van der Waals surface area contributed by atoms with Gasteiger partial charge in [0.15, 0.2) is 11.5 Å². The summed E-state index contributed by atoms with van der Waals surface area (Å²) in [5, 5.41) is -0.283. The first kappa shape index (κ1) is 24.1. The molecule has 0 saturated heterocycles. The maximum atomic E-state index is 13.2. The Balaban J connectivity index is 2.29. The van der Waals surface area contributed by atoms with Gasteiger partial charge in [0.1, 0.15) is 17.8 Å². The van der Waals surface area contributed by atoms with Gasteiger partial charge in [-0.15, -0.1) is 11.8 Å². The molecule has 0 radical (unpaired) electrons. The summed E-state index contributed by atoms with van der Waals surface area (Å²) in [7, 11) is 0. The zero-order valence-corrected chi connectivity index (χ0v) is 17.0. The first-order valence-electron chi connectivity index (χ1n) is 8.81. The number of hydrogen-bond donors (Lipinski definition) is 0. The van der Waals surface area contributed by atoms with Gasteiger partial charge in [0, 0.05) is 22.5 Å². The van der Waals surface area contributed by atoms with Gasteiger partial charge in [0.25, 0.3) is 0 Å².